The van der Waals surface area contributed by atoms with Gasteiger partial charge in [0.25, 0.3) is 5.91 Å². The molecule has 0 spiro atoms. The van der Waals surface area contributed by atoms with Gasteiger partial charge in [-0.15, -0.1) is 0 Å². The van der Waals surface area contributed by atoms with Crippen molar-refractivity contribution in [2.45, 2.75) is 97.8 Å². The van der Waals surface area contributed by atoms with E-state index >= 15 is 0 Å². The van der Waals surface area contributed by atoms with Crippen molar-refractivity contribution >= 4 is 29.9 Å². The quantitative estimate of drug-likeness (QED) is 0.414. The highest BCUT2D eigenvalue weighted by Gasteiger charge is 2.46. The number of fused-ring (bicyclic) bond motifs is 2. The van der Waals surface area contributed by atoms with Crippen molar-refractivity contribution in [1.82, 2.24) is 30.8 Å². The Morgan fingerprint density at radius 1 is 1.15 bits per heavy atom. The normalized spacial score (nSPS) is 25.0. The predicted molar refractivity (Wildman–Crippen MR) is 149 cm³/mol. The Labute approximate surface area is 236 Å². The summed E-state index contributed by atoms with van der Waals surface area (Å²) in [6.07, 6.45) is 8.77. The van der Waals surface area contributed by atoms with Crippen LogP contribution < -0.4 is 16.0 Å². The van der Waals surface area contributed by atoms with Crippen molar-refractivity contribution < 1.29 is 24.0 Å². The Morgan fingerprint density at radius 3 is 2.45 bits per heavy atom. The molecule has 3 rings (SSSR count). The van der Waals surface area contributed by atoms with Crippen molar-refractivity contribution in [3.05, 3.63) is 24.3 Å². The van der Waals surface area contributed by atoms with Crippen LogP contribution >= 0.6 is 0 Å². The summed E-state index contributed by atoms with van der Waals surface area (Å²) in [6.45, 7) is 11.7. The van der Waals surface area contributed by atoms with E-state index in [1.54, 1.807) is 18.7 Å². The van der Waals surface area contributed by atoms with Crippen LogP contribution in [0.2, 0.25) is 0 Å². The average Bonchev–Trinajstić information content (AvgIpc) is 3.34. The highest BCUT2D eigenvalue weighted by molar-refractivity contribution is 5.98. The first-order chi connectivity index (χ1) is 18.8. The highest BCUT2D eigenvalue weighted by atomic mass is 16.2. The Kier molecular flexibility index (Phi) is 10.4. The molecule has 1 aromatic heterocycles. The van der Waals surface area contributed by atoms with Gasteiger partial charge in [0.15, 0.2) is 0 Å². The van der Waals surface area contributed by atoms with E-state index < -0.39 is 41.4 Å². The third kappa shape index (κ3) is 7.63. The molecule has 0 radical (unpaired) electrons. The van der Waals surface area contributed by atoms with Gasteiger partial charge in [-0.05, 0) is 42.4 Å². The highest BCUT2D eigenvalue weighted by Crippen LogP contribution is 2.33. The summed E-state index contributed by atoms with van der Waals surface area (Å²) in [4.78, 5) is 74.8. The maximum absolute atomic E-state index is 14.1. The molecule has 4 unspecified atom stereocenters. The minimum Gasteiger partial charge on any atom is -0.345 e. The second-order valence-corrected chi connectivity index (χ2v) is 12.5. The monoisotopic (exact) mass is 556 g/mol. The number of carbonyl (C=O) groups is 5. The summed E-state index contributed by atoms with van der Waals surface area (Å²) < 4.78 is 0. The van der Waals surface area contributed by atoms with E-state index in [1.807, 2.05) is 20.8 Å². The zero-order chi connectivity index (χ0) is 29.6. The van der Waals surface area contributed by atoms with Crippen LogP contribution in [-0.2, 0) is 19.2 Å². The lowest BCUT2D eigenvalue weighted by Gasteiger charge is -2.36. The fourth-order valence-electron chi connectivity index (χ4n) is 5.58. The van der Waals surface area contributed by atoms with Gasteiger partial charge in [-0.3, -0.25) is 24.2 Å². The van der Waals surface area contributed by atoms with Crippen molar-refractivity contribution in [2.75, 3.05) is 6.54 Å². The van der Waals surface area contributed by atoms with E-state index in [9.17, 15) is 24.0 Å². The molecule has 2 saturated heterocycles. The Balaban J connectivity index is 1.82. The molecule has 4 amide bonds. The lowest BCUT2D eigenvalue weighted by Crippen LogP contribution is -2.61. The lowest BCUT2D eigenvalue weighted by molar-refractivity contribution is -0.144. The molecule has 2 aliphatic heterocycles. The molecule has 2 bridgehead atoms. The molecule has 6 atom stereocenters. The largest absolute Gasteiger partial charge is 0.345 e. The van der Waals surface area contributed by atoms with E-state index in [2.05, 4.69) is 32.8 Å². The smallest absolute Gasteiger partial charge is 0.272 e. The topological polar surface area (TPSA) is 150 Å². The number of hydrogen-bond acceptors (Lipinski definition) is 7. The lowest BCUT2D eigenvalue weighted by atomic mass is 9.85. The number of aldehydes is 1. The van der Waals surface area contributed by atoms with Crippen molar-refractivity contribution in [3.63, 3.8) is 0 Å². The van der Waals surface area contributed by atoms with Gasteiger partial charge >= 0.3 is 0 Å². The van der Waals surface area contributed by atoms with Crippen LogP contribution in [0.1, 0.15) is 84.1 Å². The second kappa shape index (κ2) is 13.3. The Hall–Kier alpha value is -3.37. The minimum absolute atomic E-state index is 0.0812. The standard InChI is InChI=1S/C29H44N6O5/c1-7-18-8-9-19-13-22(26(38)32-20(12-18)16-36)35(15-19)28(40)24(29(4,5)6)34-27(39)23(17(2)3)33-25(37)21-14-30-10-11-31-21/h10-11,14,16-20,22-24H,7-9,12-13,15H2,1-6H3,(H,32,38)(H,33,37)(H,34,39)/t18?,19-,20?,22?,23?,24-/m1/s1. The van der Waals surface area contributed by atoms with Crippen LogP contribution in [-0.4, -0.2) is 75.5 Å². The maximum atomic E-state index is 14.1. The molecular weight excluding hydrogens is 512 g/mol. The first-order valence-corrected chi connectivity index (χ1v) is 14.3. The van der Waals surface area contributed by atoms with Crippen molar-refractivity contribution in [1.29, 1.82) is 0 Å². The first-order valence-electron chi connectivity index (χ1n) is 14.3. The fourth-order valence-corrected chi connectivity index (χ4v) is 5.58. The van der Waals surface area contributed by atoms with E-state index in [0.717, 1.165) is 25.5 Å². The van der Waals surface area contributed by atoms with Crippen LogP contribution in [0.5, 0.6) is 0 Å². The third-order valence-corrected chi connectivity index (χ3v) is 8.04. The molecule has 0 aromatic carbocycles. The molecule has 2 fully saturated rings. The summed E-state index contributed by atoms with van der Waals surface area (Å²) in [5, 5.41) is 8.46. The molecular formula is C29H44N6O5. The molecule has 0 saturated carbocycles. The number of hydrogen-bond donors (Lipinski definition) is 3. The summed E-state index contributed by atoms with van der Waals surface area (Å²) in [7, 11) is 0. The number of aromatic nitrogens is 2. The van der Waals surface area contributed by atoms with E-state index in [-0.39, 0.29) is 29.3 Å². The molecule has 40 heavy (non-hydrogen) atoms. The number of likely N-dealkylation sites (tertiary alicyclic amines) is 1. The zero-order valence-corrected chi connectivity index (χ0v) is 24.5. The second-order valence-electron chi connectivity index (χ2n) is 12.5. The van der Waals surface area contributed by atoms with Gasteiger partial charge < -0.3 is 25.6 Å². The third-order valence-electron chi connectivity index (χ3n) is 8.04. The predicted octanol–water partition coefficient (Wildman–Crippen LogP) is 1.87. The summed E-state index contributed by atoms with van der Waals surface area (Å²) in [6, 6.07) is -3.17. The van der Waals surface area contributed by atoms with Crippen LogP contribution in [0.15, 0.2) is 18.6 Å². The molecule has 2 aliphatic rings. The van der Waals surface area contributed by atoms with Crippen LogP contribution in [0, 0.1) is 23.2 Å². The number of nitrogens with zero attached hydrogens (tertiary/aromatic N) is 3. The van der Waals surface area contributed by atoms with Gasteiger partial charge in [0.1, 0.15) is 30.1 Å². The number of amides is 4. The molecule has 11 nitrogen and oxygen atoms in total. The van der Waals surface area contributed by atoms with Crippen LogP contribution in [0.25, 0.3) is 0 Å². The van der Waals surface area contributed by atoms with Gasteiger partial charge in [-0.25, -0.2) is 4.98 Å². The van der Waals surface area contributed by atoms with Crippen molar-refractivity contribution in [3.8, 4) is 0 Å². The first kappa shape index (κ1) is 31.2. The number of carbonyl (C=O) groups excluding carboxylic acids is 5. The van der Waals surface area contributed by atoms with E-state index in [4.69, 9.17) is 0 Å². The molecule has 0 aliphatic carbocycles. The SMILES string of the molecule is CCC1CC[C@@H]2CC(C(=O)NC(C=O)C1)N(C(=O)[C@@H](NC(=O)C(NC(=O)c1cnccn1)C(C)C)C(C)(C)C)C2. The summed E-state index contributed by atoms with van der Waals surface area (Å²) >= 11 is 0. The van der Waals surface area contributed by atoms with Gasteiger partial charge in [0.2, 0.25) is 17.7 Å². The van der Waals surface area contributed by atoms with Crippen molar-refractivity contribution in [2.24, 2.45) is 23.2 Å². The van der Waals surface area contributed by atoms with Gasteiger partial charge in [0.05, 0.1) is 12.2 Å². The van der Waals surface area contributed by atoms with Gasteiger partial charge in [-0.2, -0.15) is 0 Å². The summed E-state index contributed by atoms with van der Waals surface area (Å²) in [5.41, 5.74) is -0.604. The number of rotatable bonds is 8. The minimum atomic E-state index is -0.945. The molecule has 11 heteroatoms. The molecule has 3 N–H and O–H groups in total. The maximum Gasteiger partial charge on any atom is 0.272 e. The van der Waals surface area contributed by atoms with E-state index in [1.165, 1.54) is 18.6 Å². The number of nitrogens with one attached hydrogen (secondary N) is 3. The molecule has 3 heterocycles. The Bertz CT molecular complexity index is 1070. The average molecular weight is 557 g/mol. The zero-order valence-electron chi connectivity index (χ0n) is 24.5. The fraction of sp³-hybridized carbons (Fsp3) is 0.690. The van der Waals surface area contributed by atoms with Crippen LogP contribution in [0.4, 0.5) is 0 Å². The van der Waals surface area contributed by atoms with Gasteiger partial charge in [-0.1, -0.05) is 54.4 Å². The van der Waals surface area contributed by atoms with Gasteiger partial charge in [0, 0.05) is 18.9 Å². The summed E-state index contributed by atoms with van der Waals surface area (Å²) in [5.74, 6) is -1.52. The molecule has 1 aromatic rings. The Morgan fingerprint density at radius 2 is 1.88 bits per heavy atom. The van der Waals surface area contributed by atoms with E-state index in [0.29, 0.717) is 25.3 Å². The van der Waals surface area contributed by atoms with Crippen LogP contribution in [0.3, 0.4) is 0 Å². The molecule has 220 valence electrons.